The lowest BCUT2D eigenvalue weighted by Crippen LogP contribution is -2.41. The van der Waals surface area contributed by atoms with Gasteiger partial charge in [0.2, 0.25) is 5.91 Å². The monoisotopic (exact) mass is 530 g/mol. The minimum atomic E-state index is -4.00. The van der Waals surface area contributed by atoms with Gasteiger partial charge in [-0.05, 0) is 86.0 Å². The average Bonchev–Trinajstić information content (AvgIpc) is 2.91. The summed E-state index contributed by atoms with van der Waals surface area (Å²) in [7, 11) is -2.42. The number of nitrogens with one attached hydrogen (secondary N) is 1. The maximum Gasteiger partial charge on any atom is 0.264 e. The molecule has 0 bridgehead atoms. The van der Waals surface area contributed by atoms with Crippen LogP contribution < -0.4 is 23.8 Å². The Morgan fingerprint density at radius 1 is 0.889 bits per heavy atom. The minimum absolute atomic E-state index is 0.102. The van der Waals surface area contributed by atoms with Crippen LogP contribution in [0.5, 0.6) is 17.2 Å². The maximum absolute atomic E-state index is 13.5. The Labute approximate surface area is 216 Å². The number of amides is 1. The van der Waals surface area contributed by atoms with Crippen molar-refractivity contribution >= 4 is 33.4 Å². The standard InChI is InChI=1S/C26H30N2O6S2/c1-4-33-22-7-5-20(6-8-22)28(36(30,31)25-15-13-24(35-3)14-16-25)19-26(29)27-17-18-34-23-11-9-21(32-2)10-12-23/h5-16H,4,17-19H2,1-3H3,(H,27,29). The summed E-state index contributed by atoms with van der Waals surface area (Å²) in [6, 6.07) is 20.3. The van der Waals surface area contributed by atoms with Crippen molar-refractivity contribution < 1.29 is 27.4 Å². The van der Waals surface area contributed by atoms with Gasteiger partial charge in [0.25, 0.3) is 10.0 Å². The summed E-state index contributed by atoms with van der Waals surface area (Å²) in [4.78, 5) is 13.8. The first-order valence-electron chi connectivity index (χ1n) is 11.3. The fourth-order valence-corrected chi connectivity index (χ4v) is 5.11. The largest absolute Gasteiger partial charge is 0.497 e. The Morgan fingerprint density at radius 3 is 2.06 bits per heavy atom. The number of hydrogen-bond donors (Lipinski definition) is 1. The van der Waals surface area contributed by atoms with Crippen molar-refractivity contribution in [3.8, 4) is 17.2 Å². The third-order valence-corrected chi connectivity index (χ3v) is 7.65. The van der Waals surface area contributed by atoms with Gasteiger partial charge in [0, 0.05) is 4.90 Å². The van der Waals surface area contributed by atoms with Gasteiger partial charge in [-0.1, -0.05) is 0 Å². The number of nitrogens with zero attached hydrogens (tertiary/aromatic N) is 1. The summed E-state index contributed by atoms with van der Waals surface area (Å²) in [5.74, 6) is 1.52. The van der Waals surface area contributed by atoms with Gasteiger partial charge in [0.05, 0.1) is 30.8 Å². The molecule has 192 valence electrons. The highest BCUT2D eigenvalue weighted by atomic mass is 32.2. The second kappa shape index (κ2) is 13.1. The van der Waals surface area contributed by atoms with E-state index in [1.165, 1.54) is 11.8 Å². The third kappa shape index (κ3) is 7.32. The molecule has 36 heavy (non-hydrogen) atoms. The van der Waals surface area contributed by atoms with E-state index < -0.39 is 15.9 Å². The lowest BCUT2D eigenvalue weighted by atomic mass is 10.3. The number of carbonyl (C=O) groups is 1. The van der Waals surface area contributed by atoms with Crippen molar-refractivity contribution in [2.24, 2.45) is 0 Å². The zero-order valence-corrected chi connectivity index (χ0v) is 22.1. The molecule has 1 N–H and O–H groups in total. The highest BCUT2D eigenvalue weighted by Crippen LogP contribution is 2.27. The number of thioether (sulfide) groups is 1. The van der Waals surface area contributed by atoms with Crippen LogP contribution in [0.15, 0.2) is 82.6 Å². The van der Waals surface area contributed by atoms with E-state index in [0.29, 0.717) is 29.5 Å². The predicted octanol–water partition coefficient (Wildman–Crippen LogP) is 4.21. The number of carbonyl (C=O) groups excluding carboxylic acids is 1. The molecule has 0 saturated heterocycles. The summed E-state index contributed by atoms with van der Waals surface area (Å²) in [6.45, 7) is 2.41. The Kier molecular flexibility index (Phi) is 9.89. The zero-order valence-electron chi connectivity index (χ0n) is 20.5. The highest BCUT2D eigenvalue weighted by molar-refractivity contribution is 7.98. The molecule has 0 aromatic heterocycles. The number of anilines is 1. The van der Waals surface area contributed by atoms with Crippen molar-refractivity contribution in [2.75, 3.05) is 44.0 Å². The molecule has 0 heterocycles. The fourth-order valence-electron chi connectivity index (χ4n) is 3.28. The van der Waals surface area contributed by atoms with E-state index >= 15 is 0 Å². The van der Waals surface area contributed by atoms with Crippen LogP contribution in [0.1, 0.15) is 6.92 Å². The number of ether oxygens (including phenoxy) is 3. The Morgan fingerprint density at radius 2 is 1.47 bits per heavy atom. The fraction of sp³-hybridized carbons (Fsp3) is 0.269. The van der Waals surface area contributed by atoms with Gasteiger partial charge in [0.15, 0.2) is 0 Å². The van der Waals surface area contributed by atoms with Crippen LogP contribution in [0, 0.1) is 0 Å². The first-order chi connectivity index (χ1) is 17.4. The number of hydrogen-bond acceptors (Lipinski definition) is 7. The summed E-state index contributed by atoms with van der Waals surface area (Å²) in [6.07, 6.45) is 1.92. The lowest BCUT2D eigenvalue weighted by molar-refractivity contribution is -0.119. The number of methoxy groups -OCH3 is 1. The molecule has 0 aliphatic heterocycles. The highest BCUT2D eigenvalue weighted by Gasteiger charge is 2.27. The van der Waals surface area contributed by atoms with Crippen LogP contribution in [0.25, 0.3) is 0 Å². The van der Waals surface area contributed by atoms with Crippen LogP contribution in [-0.4, -0.2) is 54.0 Å². The van der Waals surface area contributed by atoms with E-state index in [9.17, 15) is 13.2 Å². The molecular weight excluding hydrogens is 500 g/mol. The topological polar surface area (TPSA) is 94.2 Å². The molecule has 3 aromatic carbocycles. The average molecular weight is 531 g/mol. The van der Waals surface area contributed by atoms with Crippen molar-refractivity contribution in [3.05, 3.63) is 72.8 Å². The number of sulfonamides is 1. The molecule has 3 rings (SSSR count). The SMILES string of the molecule is CCOc1ccc(N(CC(=O)NCCOc2ccc(OC)cc2)S(=O)(=O)c2ccc(SC)cc2)cc1. The molecule has 3 aromatic rings. The van der Waals surface area contributed by atoms with Crippen molar-refractivity contribution in [3.63, 3.8) is 0 Å². The van der Waals surface area contributed by atoms with Crippen LogP contribution in [0.3, 0.4) is 0 Å². The summed E-state index contributed by atoms with van der Waals surface area (Å²) >= 11 is 1.52. The molecule has 0 atom stereocenters. The second-order valence-corrected chi connectivity index (χ2v) is 10.2. The number of rotatable bonds is 13. The predicted molar refractivity (Wildman–Crippen MR) is 142 cm³/mol. The van der Waals surface area contributed by atoms with E-state index in [4.69, 9.17) is 14.2 Å². The summed E-state index contributed by atoms with van der Waals surface area (Å²) < 4.78 is 44.3. The molecule has 0 aliphatic rings. The quantitative estimate of drug-likeness (QED) is 0.261. The van der Waals surface area contributed by atoms with E-state index in [0.717, 1.165) is 9.20 Å². The molecule has 0 radical (unpaired) electrons. The van der Waals surface area contributed by atoms with Crippen LogP contribution >= 0.6 is 11.8 Å². The summed E-state index contributed by atoms with van der Waals surface area (Å²) in [5.41, 5.74) is 0.358. The van der Waals surface area contributed by atoms with Gasteiger partial charge in [-0.15, -0.1) is 11.8 Å². The van der Waals surface area contributed by atoms with Gasteiger partial charge in [-0.2, -0.15) is 0 Å². The van der Waals surface area contributed by atoms with E-state index in [-0.39, 0.29) is 24.6 Å². The van der Waals surface area contributed by atoms with Crippen LogP contribution in [0.2, 0.25) is 0 Å². The lowest BCUT2D eigenvalue weighted by Gasteiger charge is -2.24. The molecule has 8 nitrogen and oxygen atoms in total. The molecule has 0 unspecified atom stereocenters. The Bertz CT molecular complexity index is 1210. The molecule has 10 heteroatoms. The zero-order chi connectivity index (χ0) is 26.0. The summed E-state index contributed by atoms with van der Waals surface area (Å²) in [5, 5.41) is 2.73. The minimum Gasteiger partial charge on any atom is -0.497 e. The third-order valence-electron chi connectivity index (χ3n) is 5.12. The van der Waals surface area contributed by atoms with E-state index in [1.54, 1.807) is 79.9 Å². The van der Waals surface area contributed by atoms with Gasteiger partial charge in [-0.3, -0.25) is 9.10 Å². The number of benzene rings is 3. The molecule has 0 fully saturated rings. The first-order valence-corrected chi connectivity index (χ1v) is 14.0. The molecular formula is C26H30N2O6S2. The molecule has 0 saturated carbocycles. The smallest absolute Gasteiger partial charge is 0.264 e. The van der Waals surface area contributed by atoms with Crippen LogP contribution in [0.4, 0.5) is 5.69 Å². The maximum atomic E-state index is 13.5. The van der Waals surface area contributed by atoms with Crippen molar-refractivity contribution in [1.29, 1.82) is 0 Å². The molecule has 0 aliphatic carbocycles. The van der Waals surface area contributed by atoms with Crippen molar-refractivity contribution in [2.45, 2.75) is 16.7 Å². The first kappa shape index (κ1) is 27.2. The Hall–Kier alpha value is -3.37. The van der Waals surface area contributed by atoms with Gasteiger partial charge < -0.3 is 19.5 Å². The van der Waals surface area contributed by atoms with Crippen LogP contribution in [-0.2, 0) is 14.8 Å². The van der Waals surface area contributed by atoms with Gasteiger partial charge >= 0.3 is 0 Å². The van der Waals surface area contributed by atoms with E-state index in [1.807, 2.05) is 13.2 Å². The second-order valence-electron chi connectivity index (χ2n) is 7.49. The normalized spacial score (nSPS) is 11.0. The Balaban J connectivity index is 1.70. The molecule has 1 amide bonds. The van der Waals surface area contributed by atoms with Crippen molar-refractivity contribution in [1.82, 2.24) is 5.32 Å². The van der Waals surface area contributed by atoms with Gasteiger partial charge in [-0.25, -0.2) is 8.42 Å². The van der Waals surface area contributed by atoms with E-state index in [2.05, 4.69) is 5.32 Å². The molecule has 0 spiro atoms. The van der Waals surface area contributed by atoms with Gasteiger partial charge in [0.1, 0.15) is 30.4 Å².